The summed E-state index contributed by atoms with van der Waals surface area (Å²) in [7, 11) is 0. The number of hydrogen-bond donors (Lipinski definition) is 1. The van der Waals surface area contributed by atoms with Crippen LogP contribution in [-0.4, -0.2) is 22.9 Å². The minimum Gasteiger partial charge on any atom is -0.494 e. The second-order valence-electron chi connectivity index (χ2n) is 7.73. The van der Waals surface area contributed by atoms with Gasteiger partial charge in [-0.3, -0.25) is 4.79 Å². The SMILES string of the molecule is CCOc1ccc(-c2nc(Nc3ncc(-c4cccs4)cc3C=O)sc2CC(C)C)cc1. The molecule has 1 N–H and O–H groups in total. The van der Waals surface area contributed by atoms with Crippen molar-refractivity contribution in [3.63, 3.8) is 0 Å². The summed E-state index contributed by atoms with van der Waals surface area (Å²) in [5.41, 5.74) is 3.45. The smallest absolute Gasteiger partial charge is 0.189 e. The standard InChI is InChI=1S/C25H25N3O2S2/c1-4-30-20-9-7-17(8-10-20)23-22(12-16(2)3)32-25(27-23)28-24-19(15-29)13-18(14-26-24)21-6-5-11-31-21/h5-11,13-16H,4,12H2,1-3H3,(H,26,27,28). The van der Waals surface area contributed by atoms with Crippen LogP contribution in [0.3, 0.4) is 0 Å². The molecule has 0 amide bonds. The van der Waals surface area contributed by atoms with Crippen molar-refractivity contribution in [1.29, 1.82) is 0 Å². The van der Waals surface area contributed by atoms with Crippen molar-refractivity contribution < 1.29 is 9.53 Å². The van der Waals surface area contributed by atoms with E-state index < -0.39 is 0 Å². The van der Waals surface area contributed by atoms with E-state index >= 15 is 0 Å². The molecule has 0 aliphatic heterocycles. The molecule has 0 atom stereocenters. The van der Waals surface area contributed by atoms with Crippen molar-refractivity contribution in [1.82, 2.24) is 9.97 Å². The third-order valence-electron chi connectivity index (χ3n) is 4.80. The Morgan fingerprint density at radius 1 is 1.16 bits per heavy atom. The van der Waals surface area contributed by atoms with E-state index in [9.17, 15) is 4.79 Å². The van der Waals surface area contributed by atoms with Crippen LogP contribution in [0.15, 0.2) is 54.0 Å². The number of hydrogen-bond acceptors (Lipinski definition) is 7. The first-order valence-electron chi connectivity index (χ1n) is 10.6. The summed E-state index contributed by atoms with van der Waals surface area (Å²) in [5, 5.41) is 6.01. The van der Waals surface area contributed by atoms with Crippen molar-refractivity contribution in [2.75, 3.05) is 11.9 Å². The largest absolute Gasteiger partial charge is 0.494 e. The highest BCUT2D eigenvalue weighted by atomic mass is 32.1. The fraction of sp³-hybridized carbons (Fsp3) is 0.240. The molecule has 0 saturated heterocycles. The lowest BCUT2D eigenvalue weighted by Gasteiger charge is -2.07. The second-order valence-corrected chi connectivity index (χ2v) is 9.76. The first-order valence-corrected chi connectivity index (χ1v) is 12.3. The molecule has 3 aromatic heterocycles. The van der Waals surface area contributed by atoms with Crippen molar-refractivity contribution in [2.45, 2.75) is 27.2 Å². The molecular weight excluding hydrogens is 438 g/mol. The highest BCUT2D eigenvalue weighted by Crippen LogP contribution is 2.35. The lowest BCUT2D eigenvalue weighted by Crippen LogP contribution is -1.98. The molecule has 0 radical (unpaired) electrons. The summed E-state index contributed by atoms with van der Waals surface area (Å²) >= 11 is 3.23. The van der Waals surface area contributed by atoms with E-state index in [-0.39, 0.29) is 0 Å². The van der Waals surface area contributed by atoms with Crippen LogP contribution in [0.4, 0.5) is 10.9 Å². The molecule has 0 bridgehead atoms. The maximum Gasteiger partial charge on any atom is 0.189 e. The number of thiazole rings is 1. The summed E-state index contributed by atoms with van der Waals surface area (Å²) in [6, 6.07) is 13.9. The van der Waals surface area contributed by atoms with Crippen LogP contribution >= 0.6 is 22.7 Å². The molecule has 32 heavy (non-hydrogen) atoms. The van der Waals surface area contributed by atoms with E-state index in [2.05, 4.69) is 24.1 Å². The summed E-state index contributed by atoms with van der Waals surface area (Å²) in [6.45, 7) is 7.01. The number of aromatic nitrogens is 2. The molecule has 164 valence electrons. The number of pyridine rings is 1. The van der Waals surface area contributed by atoms with Gasteiger partial charge in [0.05, 0.1) is 17.9 Å². The minimum absolute atomic E-state index is 0.499. The molecular formula is C25H25N3O2S2. The predicted octanol–water partition coefficient (Wildman–Crippen LogP) is 7.09. The van der Waals surface area contributed by atoms with E-state index in [4.69, 9.17) is 9.72 Å². The molecule has 4 rings (SSSR count). The molecule has 0 aliphatic carbocycles. The van der Waals surface area contributed by atoms with Crippen LogP contribution in [0.25, 0.3) is 21.7 Å². The first kappa shape index (κ1) is 22.2. The van der Waals surface area contributed by atoms with E-state index in [1.165, 1.54) is 4.88 Å². The van der Waals surface area contributed by atoms with Crippen molar-refractivity contribution in [3.05, 3.63) is 64.5 Å². The number of nitrogens with one attached hydrogen (secondary N) is 1. The molecule has 0 unspecified atom stereocenters. The van der Waals surface area contributed by atoms with E-state index in [1.807, 2.05) is 54.8 Å². The predicted molar refractivity (Wildman–Crippen MR) is 133 cm³/mol. The molecule has 0 spiro atoms. The van der Waals surface area contributed by atoms with Gasteiger partial charge < -0.3 is 10.1 Å². The quantitative estimate of drug-likeness (QED) is 0.269. The lowest BCUT2D eigenvalue weighted by atomic mass is 10.0. The van der Waals surface area contributed by atoms with Gasteiger partial charge in [0.2, 0.25) is 0 Å². The van der Waals surface area contributed by atoms with Crippen LogP contribution in [0.5, 0.6) is 5.75 Å². The van der Waals surface area contributed by atoms with Crippen LogP contribution in [0, 0.1) is 5.92 Å². The zero-order chi connectivity index (χ0) is 22.5. The first-order chi connectivity index (χ1) is 15.6. The van der Waals surface area contributed by atoms with Gasteiger partial charge in [0, 0.05) is 27.1 Å². The summed E-state index contributed by atoms with van der Waals surface area (Å²) in [6.07, 6.45) is 3.55. The van der Waals surface area contributed by atoms with Gasteiger partial charge in [-0.05, 0) is 61.0 Å². The number of carbonyl (C=O) groups is 1. The maximum atomic E-state index is 11.8. The Kier molecular flexibility index (Phi) is 6.97. The summed E-state index contributed by atoms with van der Waals surface area (Å²) in [4.78, 5) is 23.4. The number of ether oxygens (including phenoxy) is 1. The molecule has 0 aliphatic rings. The zero-order valence-corrected chi connectivity index (χ0v) is 19.9. The van der Waals surface area contributed by atoms with E-state index in [0.29, 0.717) is 23.9 Å². The van der Waals surface area contributed by atoms with Gasteiger partial charge in [-0.25, -0.2) is 9.97 Å². The van der Waals surface area contributed by atoms with E-state index in [1.54, 1.807) is 28.9 Å². The third-order valence-corrected chi connectivity index (χ3v) is 6.72. The summed E-state index contributed by atoms with van der Waals surface area (Å²) < 4.78 is 5.57. The van der Waals surface area contributed by atoms with Crippen LogP contribution in [0.1, 0.15) is 36.0 Å². The van der Waals surface area contributed by atoms with Gasteiger partial charge >= 0.3 is 0 Å². The number of nitrogens with zero attached hydrogens (tertiary/aromatic N) is 2. The fourth-order valence-electron chi connectivity index (χ4n) is 3.37. The summed E-state index contributed by atoms with van der Waals surface area (Å²) in [5.74, 6) is 1.86. The molecule has 0 saturated carbocycles. The van der Waals surface area contributed by atoms with Crippen LogP contribution in [-0.2, 0) is 6.42 Å². The third kappa shape index (κ3) is 5.06. The Labute approximate surface area is 196 Å². The molecule has 3 heterocycles. The van der Waals surface area contributed by atoms with Gasteiger partial charge in [-0.15, -0.1) is 22.7 Å². The average molecular weight is 464 g/mol. The molecule has 4 aromatic rings. The Bertz CT molecular complexity index is 1180. The topological polar surface area (TPSA) is 64.1 Å². The number of thiophene rings is 1. The average Bonchev–Trinajstić information content (AvgIpc) is 3.45. The Hall–Kier alpha value is -3.03. The number of aldehydes is 1. The molecule has 5 nitrogen and oxygen atoms in total. The minimum atomic E-state index is 0.499. The Morgan fingerprint density at radius 3 is 2.62 bits per heavy atom. The van der Waals surface area contributed by atoms with Crippen molar-refractivity contribution in [2.24, 2.45) is 5.92 Å². The van der Waals surface area contributed by atoms with Crippen molar-refractivity contribution in [3.8, 4) is 27.4 Å². The second kappa shape index (κ2) is 10.1. The normalized spacial score (nSPS) is 11.0. The number of anilines is 2. The fourth-order valence-corrected chi connectivity index (χ4v) is 5.27. The van der Waals surface area contributed by atoms with Crippen LogP contribution < -0.4 is 10.1 Å². The van der Waals surface area contributed by atoms with Gasteiger partial charge in [0.1, 0.15) is 11.6 Å². The highest BCUT2D eigenvalue weighted by molar-refractivity contribution is 7.16. The van der Waals surface area contributed by atoms with Crippen LogP contribution in [0.2, 0.25) is 0 Å². The number of carbonyl (C=O) groups excluding carboxylic acids is 1. The maximum absolute atomic E-state index is 11.8. The molecule has 0 fully saturated rings. The number of rotatable bonds is 9. The molecule has 7 heteroatoms. The van der Waals surface area contributed by atoms with Gasteiger partial charge in [0.25, 0.3) is 0 Å². The Morgan fingerprint density at radius 2 is 1.97 bits per heavy atom. The monoisotopic (exact) mass is 463 g/mol. The zero-order valence-electron chi connectivity index (χ0n) is 18.3. The lowest BCUT2D eigenvalue weighted by molar-refractivity contribution is 0.112. The van der Waals surface area contributed by atoms with Gasteiger partial charge in [-0.1, -0.05) is 19.9 Å². The number of benzene rings is 1. The van der Waals surface area contributed by atoms with Gasteiger partial charge in [-0.2, -0.15) is 0 Å². The Balaban J connectivity index is 1.65. The van der Waals surface area contributed by atoms with E-state index in [0.717, 1.165) is 45.3 Å². The highest BCUT2D eigenvalue weighted by Gasteiger charge is 2.16. The van der Waals surface area contributed by atoms with Crippen molar-refractivity contribution >= 4 is 39.9 Å². The molecule has 1 aromatic carbocycles. The van der Waals surface area contributed by atoms with Gasteiger partial charge in [0.15, 0.2) is 11.4 Å².